The van der Waals surface area contributed by atoms with E-state index < -0.39 is 0 Å². The van der Waals surface area contributed by atoms with Crippen molar-refractivity contribution < 1.29 is 4.79 Å². The highest BCUT2D eigenvalue weighted by Crippen LogP contribution is 2.37. The Balaban J connectivity index is 2.33. The number of unbranched alkanes of at least 4 members (excludes halogenated alkanes) is 3. The van der Waals surface area contributed by atoms with E-state index in [-0.39, 0.29) is 0 Å². The molecule has 0 spiro atoms. The smallest absolute Gasteiger partial charge is 0.158 e. The van der Waals surface area contributed by atoms with Crippen LogP contribution in [-0.2, 0) is 4.79 Å². The first kappa shape index (κ1) is 17.5. The van der Waals surface area contributed by atoms with Gasteiger partial charge in [0.25, 0.3) is 0 Å². The van der Waals surface area contributed by atoms with Crippen molar-refractivity contribution in [1.29, 1.82) is 0 Å². The molecule has 1 saturated carbocycles. The fourth-order valence-electron chi connectivity index (χ4n) is 3.62. The molecule has 1 heteroatoms. The van der Waals surface area contributed by atoms with Crippen LogP contribution in [0.4, 0.5) is 0 Å². The Hall–Kier alpha value is -0.590. The second-order valence-electron chi connectivity index (χ2n) is 6.63. The minimum Gasteiger partial charge on any atom is -0.295 e. The average molecular weight is 278 g/mol. The summed E-state index contributed by atoms with van der Waals surface area (Å²) in [6.45, 7) is 8.58. The molecule has 0 amide bonds. The quantitative estimate of drug-likeness (QED) is 0.349. The number of rotatable bonds is 10. The summed E-state index contributed by atoms with van der Waals surface area (Å²) in [6, 6.07) is 0. The first-order valence-electron chi connectivity index (χ1n) is 8.90. The molecule has 20 heavy (non-hydrogen) atoms. The maximum absolute atomic E-state index is 12.1. The van der Waals surface area contributed by atoms with Gasteiger partial charge in [0.2, 0.25) is 0 Å². The second kappa shape index (κ2) is 10.2. The molecule has 0 aliphatic heterocycles. The molecular weight excluding hydrogens is 244 g/mol. The van der Waals surface area contributed by atoms with Crippen molar-refractivity contribution in [3.05, 3.63) is 12.2 Å². The molecule has 1 nitrogen and oxygen atoms in total. The maximum atomic E-state index is 12.1. The highest BCUT2D eigenvalue weighted by molar-refractivity contribution is 5.94. The topological polar surface area (TPSA) is 17.1 Å². The molecule has 0 saturated heterocycles. The van der Waals surface area contributed by atoms with Gasteiger partial charge in [0.1, 0.15) is 0 Å². The van der Waals surface area contributed by atoms with Crippen LogP contribution in [0.5, 0.6) is 0 Å². The average Bonchev–Trinajstić information content (AvgIpc) is 2.45. The number of allylic oxidation sites excluding steroid dienone is 1. The third-order valence-electron chi connectivity index (χ3n) is 4.89. The summed E-state index contributed by atoms with van der Waals surface area (Å²) in [7, 11) is 0. The highest BCUT2D eigenvalue weighted by Gasteiger charge is 2.25. The van der Waals surface area contributed by atoms with E-state index in [2.05, 4.69) is 20.4 Å². The van der Waals surface area contributed by atoms with Gasteiger partial charge in [0.05, 0.1) is 0 Å². The lowest BCUT2D eigenvalue weighted by atomic mass is 9.74. The van der Waals surface area contributed by atoms with Gasteiger partial charge >= 0.3 is 0 Å². The van der Waals surface area contributed by atoms with Crippen LogP contribution < -0.4 is 0 Å². The van der Waals surface area contributed by atoms with Gasteiger partial charge in [-0.2, -0.15) is 0 Å². The lowest BCUT2D eigenvalue weighted by Gasteiger charge is -2.31. The Bertz CT molecular complexity index is 290. The van der Waals surface area contributed by atoms with Crippen LogP contribution >= 0.6 is 0 Å². The number of hydrogen-bond acceptors (Lipinski definition) is 1. The maximum Gasteiger partial charge on any atom is 0.158 e. The molecule has 1 aliphatic carbocycles. The van der Waals surface area contributed by atoms with Gasteiger partial charge in [-0.15, -0.1) is 0 Å². The predicted molar refractivity (Wildman–Crippen MR) is 87.9 cm³/mol. The molecule has 0 bridgehead atoms. The normalized spacial score (nSPS) is 22.7. The standard InChI is InChI=1S/C19H34O/c1-4-6-7-8-14-19(20)16(3)15-18-13-10-9-12-17(18)11-5-2/h17-18H,3-15H2,1-2H3. The van der Waals surface area contributed by atoms with Crippen LogP contribution in [-0.4, -0.2) is 5.78 Å². The zero-order valence-electron chi connectivity index (χ0n) is 13.8. The fraction of sp³-hybridized carbons (Fsp3) is 0.842. The summed E-state index contributed by atoms with van der Waals surface area (Å²) in [5.74, 6) is 1.91. The molecule has 0 aromatic heterocycles. The molecule has 0 radical (unpaired) electrons. The zero-order chi connectivity index (χ0) is 14.8. The van der Waals surface area contributed by atoms with E-state index in [1.165, 1.54) is 57.8 Å². The van der Waals surface area contributed by atoms with Crippen molar-refractivity contribution in [3.8, 4) is 0 Å². The lowest BCUT2D eigenvalue weighted by molar-refractivity contribution is -0.116. The summed E-state index contributed by atoms with van der Waals surface area (Å²) in [4.78, 5) is 12.1. The van der Waals surface area contributed by atoms with Gasteiger partial charge in [0, 0.05) is 6.42 Å². The molecule has 0 heterocycles. The summed E-state index contributed by atoms with van der Waals surface area (Å²) < 4.78 is 0. The van der Waals surface area contributed by atoms with Crippen LogP contribution in [0.25, 0.3) is 0 Å². The Kier molecular flexibility index (Phi) is 8.89. The van der Waals surface area contributed by atoms with E-state index in [0.717, 1.165) is 36.7 Å². The molecule has 1 rings (SSSR count). The van der Waals surface area contributed by atoms with Crippen LogP contribution in [0, 0.1) is 11.8 Å². The van der Waals surface area contributed by atoms with Gasteiger partial charge in [0.15, 0.2) is 5.78 Å². The number of hydrogen-bond donors (Lipinski definition) is 0. The van der Waals surface area contributed by atoms with E-state index in [0.29, 0.717) is 5.78 Å². The van der Waals surface area contributed by atoms with Crippen LogP contribution in [0.15, 0.2) is 12.2 Å². The van der Waals surface area contributed by atoms with Crippen molar-refractivity contribution in [2.45, 2.75) is 90.9 Å². The lowest BCUT2D eigenvalue weighted by Crippen LogP contribution is -2.21. The van der Waals surface area contributed by atoms with Crippen molar-refractivity contribution in [3.63, 3.8) is 0 Å². The molecule has 0 aromatic carbocycles. The molecule has 116 valence electrons. The summed E-state index contributed by atoms with van der Waals surface area (Å²) in [6.07, 6.45) is 14.5. The van der Waals surface area contributed by atoms with Crippen molar-refractivity contribution in [2.24, 2.45) is 11.8 Å². The molecule has 0 aromatic rings. The Morgan fingerprint density at radius 3 is 2.35 bits per heavy atom. The van der Waals surface area contributed by atoms with Crippen molar-refractivity contribution in [2.75, 3.05) is 0 Å². The van der Waals surface area contributed by atoms with Gasteiger partial charge in [-0.05, 0) is 36.7 Å². The van der Waals surface area contributed by atoms with E-state index in [9.17, 15) is 4.79 Å². The van der Waals surface area contributed by atoms with E-state index >= 15 is 0 Å². The molecular formula is C19H34O. The first-order valence-corrected chi connectivity index (χ1v) is 8.90. The summed E-state index contributed by atoms with van der Waals surface area (Å²) in [5, 5.41) is 0. The molecule has 2 atom stereocenters. The monoisotopic (exact) mass is 278 g/mol. The largest absolute Gasteiger partial charge is 0.295 e. The first-order chi connectivity index (χ1) is 9.69. The minimum absolute atomic E-state index is 0.335. The van der Waals surface area contributed by atoms with E-state index in [1.807, 2.05) is 0 Å². The van der Waals surface area contributed by atoms with Gasteiger partial charge < -0.3 is 0 Å². The van der Waals surface area contributed by atoms with Gasteiger partial charge in [-0.25, -0.2) is 0 Å². The van der Waals surface area contributed by atoms with Crippen LogP contribution in [0.1, 0.15) is 90.9 Å². The number of carbonyl (C=O) groups is 1. The molecule has 2 unspecified atom stereocenters. The predicted octanol–water partition coefficient (Wildman–Crippen LogP) is 6.08. The Morgan fingerprint density at radius 2 is 1.70 bits per heavy atom. The van der Waals surface area contributed by atoms with Crippen LogP contribution in [0.3, 0.4) is 0 Å². The van der Waals surface area contributed by atoms with E-state index in [4.69, 9.17) is 0 Å². The van der Waals surface area contributed by atoms with Crippen molar-refractivity contribution >= 4 is 5.78 Å². The molecule has 0 N–H and O–H groups in total. The number of Topliss-reactive ketones (excluding diaryl/α,β-unsaturated/α-hetero) is 1. The van der Waals surface area contributed by atoms with Crippen molar-refractivity contribution in [1.82, 2.24) is 0 Å². The summed E-state index contributed by atoms with van der Waals surface area (Å²) in [5.41, 5.74) is 0.912. The van der Waals surface area contributed by atoms with Gasteiger partial charge in [-0.1, -0.05) is 71.8 Å². The number of carbonyl (C=O) groups excluding carboxylic acids is 1. The van der Waals surface area contributed by atoms with Crippen LogP contribution in [0.2, 0.25) is 0 Å². The Morgan fingerprint density at radius 1 is 1.00 bits per heavy atom. The third-order valence-corrected chi connectivity index (χ3v) is 4.89. The number of ketones is 1. The third kappa shape index (κ3) is 6.24. The highest BCUT2D eigenvalue weighted by atomic mass is 16.1. The SMILES string of the molecule is C=C(CC1CCCCC1CCC)C(=O)CCCCCC. The molecule has 1 fully saturated rings. The summed E-state index contributed by atoms with van der Waals surface area (Å²) >= 11 is 0. The van der Waals surface area contributed by atoms with E-state index in [1.54, 1.807) is 0 Å². The Labute approximate surface area is 126 Å². The zero-order valence-corrected chi connectivity index (χ0v) is 13.8. The fourth-order valence-corrected chi connectivity index (χ4v) is 3.62. The van der Waals surface area contributed by atoms with Gasteiger partial charge in [-0.3, -0.25) is 4.79 Å². The minimum atomic E-state index is 0.335. The second-order valence-corrected chi connectivity index (χ2v) is 6.63. The molecule has 1 aliphatic rings.